The van der Waals surface area contributed by atoms with Crippen LogP contribution < -0.4 is 10.2 Å². The second kappa shape index (κ2) is 12.3. The van der Waals surface area contributed by atoms with Gasteiger partial charge in [-0.2, -0.15) is 18.4 Å². The number of anilines is 1. The summed E-state index contributed by atoms with van der Waals surface area (Å²) in [5.41, 5.74) is 7.40. The standard InChI is InChI=1S/C32H38N4O.C2HF3O2/c1-4-23-17-25-26(18-28(23)36-13-9-21(10-14-36)15-20-7-11-34-12-8-20)32(2,3)31-29(30(25)37)24-6-5-22(19-33)16-27(24)35-31;3-2(4,5)1(6)7/h5-6,16-18,20-21,34-35H,4,7-15H2,1-3H3;(H,6,7). The minimum Gasteiger partial charge on any atom is -0.475 e. The number of carbonyl (C=O) groups is 2. The van der Waals surface area contributed by atoms with E-state index < -0.39 is 12.1 Å². The third-order valence-corrected chi connectivity index (χ3v) is 9.62. The zero-order chi connectivity index (χ0) is 31.8. The number of H-pyrrole nitrogens is 1. The van der Waals surface area contributed by atoms with Crippen molar-refractivity contribution in [3.8, 4) is 6.07 Å². The van der Waals surface area contributed by atoms with Gasteiger partial charge < -0.3 is 20.3 Å². The molecule has 10 heteroatoms. The second-order valence-corrected chi connectivity index (χ2v) is 12.7. The molecule has 0 saturated carbocycles. The monoisotopic (exact) mass is 608 g/mol. The molecular formula is C34H39F3N4O3. The Labute approximate surface area is 255 Å². The van der Waals surface area contributed by atoms with E-state index in [1.165, 1.54) is 56.4 Å². The number of benzene rings is 2. The number of nitrogens with one attached hydrogen (secondary N) is 2. The van der Waals surface area contributed by atoms with Crippen molar-refractivity contribution in [1.29, 1.82) is 5.26 Å². The van der Waals surface area contributed by atoms with Crippen LogP contribution in [-0.4, -0.2) is 54.2 Å². The van der Waals surface area contributed by atoms with Crippen molar-refractivity contribution < 1.29 is 27.9 Å². The largest absolute Gasteiger partial charge is 0.490 e. The molecule has 2 aromatic carbocycles. The minimum atomic E-state index is -5.08. The first-order chi connectivity index (χ1) is 20.8. The number of rotatable bonds is 4. The van der Waals surface area contributed by atoms with Gasteiger partial charge in [0.25, 0.3) is 0 Å². The molecular weight excluding hydrogens is 569 g/mol. The molecule has 1 aromatic heterocycles. The van der Waals surface area contributed by atoms with Crippen LogP contribution in [0.3, 0.4) is 0 Å². The first-order valence-electron chi connectivity index (χ1n) is 15.4. The Morgan fingerprint density at radius 1 is 1.09 bits per heavy atom. The highest BCUT2D eigenvalue weighted by atomic mass is 19.4. The Kier molecular flexibility index (Phi) is 8.81. The third-order valence-electron chi connectivity index (χ3n) is 9.62. The molecule has 0 radical (unpaired) electrons. The number of carboxylic acid groups (broad SMARTS) is 1. The van der Waals surface area contributed by atoms with E-state index in [0.717, 1.165) is 64.6 Å². The fraction of sp³-hybridized carbons (Fsp3) is 0.500. The number of nitrogens with zero attached hydrogens (tertiary/aromatic N) is 2. The van der Waals surface area contributed by atoms with Crippen LogP contribution in [0.2, 0.25) is 0 Å². The van der Waals surface area contributed by atoms with Crippen molar-refractivity contribution >= 4 is 28.3 Å². The van der Waals surface area contributed by atoms with E-state index in [1.807, 2.05) is 18.2 Å². The number of hydrogen-bond acceptors (Lipinski definition) is 5. The van der Waals surface area contributed by atoms with Gasteiger partial charge in [-0.05, 0) is 98.8 Å². The third kappa shape index (κ3) is 6.07. The van der Waals surface area contributed by atoms with Gasteiger partial charge in [-0.1, -0.05) is 26.8 Å². The van der Waals surface area contributed by atoms with Crippen molar-refractivity contribution in [2.75, 3.05) is 31.1 Å². The van der Waals surface area contributed by atoms with E-state index in [9.17, 15) is 23.2 Å². The number of fused-ring (bicyclic) bond motifs is 4. The zero-order valence-electron chi connectivity index (χ0n) is 25.4. The molecule has 2 fully saturated rings. The number of nitriles is 1. The van der Waals surface area contributed by atoms with Crippen LogP contribution in [0.5, 0.6) is 0 Å². The van der Waals surface area contributed by atoms with Gasteiger partial charge in [0.05, 0.1) is 17.2 Å². The van der Waals surface area contributed by atoms with Crippen LogP contribution in [0.15, 0.2) is 30.3 Å². The van der Waals surface area contributed by atoms with Gasteiger partial charge in [0, 0.05) is 46.4 Å². The van der Waals surface area contributed by atoms with E-state index in [4.69, 9.17) is 9.90 Å². The number of aliphatic carboxylic acids is 1. The first-order valence-corrected chi connectivity index (χ1v) is 15.4. The van der Waals surface area contributed by atoms with Gasteiger partial charge >= 0.3 is 12.1 Å². The van der Waals surface area contributed by atoms with E-state index in [2.05, 4.69) is 54.2 Å². The molecule has 0 atom stereocenters. The van der Waals surface area contributed by atoms with Crippen LogP contribution >= 0.6 is 0 Å². The summed E-state index contributed by atoms with van der Waals surface area (Å²) in [7, 11) is 0. The summed E-state index contributed by atoms with van der Waals surface area (Å²) in [6.45, 7) is 11.2. The van der Waals surface area contributed by atoms with E-state index in [-0.39, 0.29) is 11.2 Å². The summed E-state index contributed by atoms with van der Waals surface area (Å²) in [6.07, 6.45) is 2.42. The highest BCUT2D eigenvalue weighted by molar-refractivity contribution is 6.20. The topological polar surface area (TPSA) is 109 Å². The molecule has 3 N–H and O–H groups in total. The van der Waals surface area contributed by atoms with Gasteiger partial charge in [-0.25, -0.2) is 4.79 Å². The average molecular weight is 609 g/mol. The van der Waals surface area contributed by atoms with Crippen molar-refractivity contribution in [2.24, 2.45) is 11.8 Å². The summed E-state index contributed by atoms with van der Waals surface area (Å²) in [6, 6.07) is 12.3. The smallest absolute Gasteiger partial charge is 0.475 e. The molecule has 1 aliphatic carbocycles. The van der Waals surface area contributed by atoms with Crippen LogP contribution in [0.25, 0.3) is 10.9 Å². The molecule has 0 spiro atoms. The maximum absolute atomic E-state index is 13.9. The van der Waals surface area contributed by atoms with Gasteiger partial charge in [0.2, 0.25) is 0 Å². The molecule has 0 amide bonds. The highest BCUT2D eigenvalue weighted by Crippen LogP contribution is 2.46. The quantitative estimate of drug-likeness (QED) is 0.304. The SMILES string of the molecule is CCc1cc2c(cc1N1CCC(CC3CCNCC3)CC1)C(C)(C)c1[nH]c3cc(C#N)ccc3c1C2=O.O=C(O)C(F)(F)F. The lowest BCUT2D eigenvalue weighted by Crippen LogP contribution is -2.37. The van der Waals surface area contributed by atoms with Crippen LogP contribution in [0.1, 0.15) is 91.2 Å². The molecule has 234 valence electrons. The minimum absolute atomic E-state index is 0.0993. The maximum Gasteiger partial charge on any atom is 0.490 e. The predicted octanol–water partition coefficient (Wildman–Crippen LogP) is 6.71. The van der Waals surface area contributed by atoms with E-state index in [0.29, 0.717) is 5.56 Å². The van der Waals surface area contributed by atoms with E-state index >= 15 is 0 Å². The number of halogens is 3. The van der Waals surface area contributed by atoms with E-state index in [1.54, 1.807) is 0 Å². The summed E-state index contributed by atoms with van der Waals surface area (Å²) >= 11 is 0. The summed E-state index contributed by atoms with van der Waals surface area (Å²) in [5, 5.41) is 20.9. The fourth-order valence-corrected chi connectivity index (χ4v) is 7.15. The zero-order valence-corrected chi connectivity index (χ0v) is 25.4. The normalized spacial score (nSPS) is 18.7. The Bertz CT molecular complexity index is 1600. The lowest BCUT2D eigenvalue weighted by molar-refractivity contribution is -0.192. The number of ketones is 1. The Morgan fingerprint density at radius 3 is 2.32 bits per heavy atom. The van der Waals surface area contributed by atoms with Gasteiger partial charge in [0.1, 0.15) is 0 Å². The number of aromatic amines is 1. The van der Waals surface area contributed by atoms with Gasteiger partial charge in [0.15, 0.2) is 5.78 Å². The number of aryl methyl sites for hydroxylation is 1. The number of carbonyl (C=O) groups excluding carboxylic acids is 1. The Balaban J connectivity index is 0.000000493. The van der Waals surface area contributed by atoms with Gasteiger partial charge in [-0.15, -0.1) is 0 Å². The van der Waals surface area contributed by atoms with Crippen LogP contribution in [0, 0.1) is 23.2 Å². The lowest BCUT2D eigenvalue weighted by atomic mass is 9.70. The number of alkyl halides is 3. The number of hydrogen-bond donors (Lipinski definition) is 3. The molecule has 2 aliphatic heterocycles. The lowest BCUT2D eigenvalue weighted by Gasteiger charge is -2.39. The van der Waals surface area contributed by atoms with Gasteiger partial charge in [-0.3, -0.25) is 4.79 Å². The Hall–Kier alpha value is -3.84. The summed E-state index contributed by atoms with van der Waals surface area (Å²) in [5.74, 6) is -0.920. The second-order valence-electron chi connectivity index (χ2n) is 12.7. The molecule has 3 heterocycles. The number of carboxylic acids is 1. The number of piperidine rings is 2. The van der Waals surface area contributed by atoms with Crippen LogP contribution in [-0.2, 0) is 16.6 Å². The average Bonchev–Trinajstić information content (AvgIpc) is 3.40. The molecule has 0 bridgehead atoms. The molecule has 3 aromatic rings. The highest BCUT2D eigenvalue weighted by Gasteiger charge is 2.41. The van der Waals surface area contributed by atoms with Crippen molar-refractivity contribution in [3.63, 3.8) is 0 Å². The maximum atomic E-state index is 13.9. The predicted molar refractivity (Wildman–Crippen MR) is 163 cm³/mol. The van der Waals surface area contributed by atoms with Crippen molar-refractivity contribution in [3.05, 3.63) is 63.8 Å². The first kappa shape index (κ1) is 31.6. The summed E-state index contributed by atoms with van der Waals surface area (Å²) < 4.78 is 31.7. The molecule has 2 saturated heterocycles. The molecule has 7 nitrogen and oxygen atoms in total. The Morgan fingerprint density at radius 2 is 1.73 bits per heavy atom. The number of aromatic nitrogens is 1. The summed E-state index contributed by atoms with van der Waals surface area (Å²) in [4.78, 5) is 28.9. The van der Waals surface area contributed by atoms with Crippen molar-refractivity contribution in [1.82, 2.24) is 10.3 Å². The fourth-order valence-electron chi connectivity index (χ4n) is 7.15. The van der Waals surface area contributed by atoms with Crippen molar-refractivity contribution in [2.45, 2.75) is 70.9 Å². The molecule has 6 rings (SSSR count). The molecule has 3 aliphatic rings. The molecule has 0 unspecified atom stereocenters. The molecule has 44 heavy (non-hydrogen) atoms. The van der Waals surface area contributed by atoms with Crippen LogP contribution in [0.4, 0.5) is 18.9 Å².